The van der Waals surface area contributed by atoms with E-state index in [2.05, 4.69) is 64.2 Å². The fourth-order valence-corrected chi connectivity index (χ4v) is 12.3. The molecule has 0 aromatic rings. The molecule has 0 saturated heterocycles. The Morgan fingerprint density at radius 2 is 0.521 bits per heavy atom. The predicted octanol–water partition coefficient (Wildman–Crippen LogP) is 21.6. The summed E-state index contributed by atoms with van der Waals surface area (Å²) >= 11 is 0. The fourth-order valence-electron chi connectivity index (χ4n) is 10.7. The normalized spacial score (nSPS) is 14.2. The van der Waals surface area contributed by atoms with Crippen LogP contribution in [0.4, 0.5) is 0 Å². The van der Waals surface area contributed by atoms with Gasteiger partial charge in [0, 0.05) is 25.7 Å². The van der Waals surface area contributed by atoms with Crippen molar-refractivity contribution in [3.63, 3.8) is 0 Å². The van der Waals surface area contributed by atoms with Gasteiger partial charge in [0.2, 0.25) is 0 Å². The van der Waals surface area contributed by atoms with Gasteiger partial charge < -0.3 is 33.8 Å². The molecule has 0 spiro atoms. The first kappa shape index (κ1) is 91.3. The number of carbonyl (C=O) groups excluding carboxylic acids is 4. The highest BCUT2D eigenvalue weighted by Gasteiger charge is 2.30. The Labute approximate surface area is 573 Å². The van der Waals surface area contributed by atoms with Crippen LogP contribution in [0.1, 0.15) is 362 Å². The predicted molar refractivity (Wildman–Crippen MR) is 381 cm³/mol. The number of ether oxygens (including phenoxy) is 4. The third-order valence-corrected chi connectivity index (χ3v) is 18.5. The summed E-state index contributed by atoms with van der Waals surface area (Å²) < 4.78 is 68.4. The molecule has 5 atom stereocenters. The maximum absolute atomic E-state index is 13.1. The number of rotatable bonds is 73. The first-order valence-electron chi connectivity index (χ1n) is 38.2. The van der Waals surface area contributed by atoms with Gasteiger partial charge in [-0.1, -0.05) is 289 Å². The first-order valence-corrected chi connectivity index (χ1v) is 41.2. The molecule has 2 unspecified atom stereocenters. The monoisotopic (exact) mass is 1370 g/mol. The van der Waals surface area contributed by atoms with E-state index in [1.807, 2.05) is 0 Å². The molecule has 0 aromatic heterocycles. The lowest BCUT2D eigenvalue weighted by molar-refractivity contribution is -0.161. The van der Waals surface area contributed by atoms with Gasteiger partial charge >= 0.3 is 39.5 Å². The number of unbranched alkanes of at least 4 members (excludes halogenated alkanes) is 41. The average Bonchev–Trinajstić information content (AvgIpc) is 1.67. The van der Waals surface area contributed by atoms with Crippen LogP contribution in [0.5, 0.6) is 0 Å². The minimum Gasteiger partial charge on any atom is -0.462 e. The molecule has 94 heavy (non-hydrogen) atoms. The van der Waals surface area contributed by atoms with Gasteiger partial charge in [-0.2, -0.15) is 0 Å². The Bertz CT molecular complexity index is 1930. The lowest BCUT2D eigenvalue weighted by Gasteiger charge is -2.21. The molecule has 552 valence electrons. The second kappa shape index (κ2) is 68.8. The van der Waals surface area contributed by atoms with E-state index in [1.165, 1.54) is 154 Å². The molecule has 0 radical (unpaired) electrons. The highest BCUT2D eigenvalue weighted by atomic mass is 31.2. The van der Waals surface area contributed by atoms with Gasteiger partial charge in [0.15, 0.2) is 12.2 Å². The zero-order valence-corrected chi connectivity index (χ0v) is 61.9. The highest BCUT2D eigenvalue weighted by molar-refractivity contribution is 7.47. The highest BCUT2D eigenvalue weighted by Crippen LogP contribution is 2.45. The van der Waals surface area contributed by atoms with E-state index in [-0.39, 0.29) is 25.7 Å². The SMILES string of the molecule is CCCCC/C=C\C/C=C\CCCCCCCC(=O)OC[C@H](COP(=O)(O)OC[C@H](O)COP(=O)(O)OC[C@@H](COC(=O)CCCCCCCCCCCCCCC)OC(=O)CCCCCCC/C=C\CCCCCC)OC(=O)CCCCCCCCCCCCCCC. The van der Waals surface area contributed by atoms with E-state index in [9.17, 15) is 43.2 Å². The van der Waals surface area contributed by atoms with Crippen molar-refractivity contribution in [1.29, 1.82) is 0 Å². The smallest absolute Gasteiger partial charge is 0.462 e. The molecule has 0 aliphatic heterocycles. The molecule has 0 bridgehead atoms. The lowest BCUT2D eigenvalue weighted by atomic mass is 10.0. The van der Waals surface area contributed by atoms with Crippen molar-refractivity contribution in [2.75, 3.05) is 39.6 Å². The Morgan fingerprint density at radius 3 is 0.830 bits per heavy atom. The number of allylic oxidation sites excluding steroid dienone is 6. The van der Waals surface area contributed by atoms with E-state index in [4.69, 9.17) is 37.0 Å². The summed E-state index contributed by atoms with van der Waals surface area (Å²) in [5, 5.41) is 10.6. The Balaban J connectivity index is 5.30. The molecule has 0 amide bonds. The summed E-state index contributed by atoms with van der Waals surface area (Å²) in [6, 6.07) is 0. The number of hydrogen-bond acceptors (Lipinski definition) is 15. The van der Waals surface area contributed by atoms with Gasteiger partial charge in [0.25, 0.3) is 0 Å². The van der Waals surface area contributed by atoms with E-state index in [1.54, 1.807) is 0 Å². The van der Waals surface area contributed by atoms with E-state index in [0.717, 1.165) is 128 Å². The molecule has 0 rings (SSSR count). The van der Waals surface area contributed by atoms with Crippen molar-refractivity contribution >= 4 is 39.5 Å². The average molecular weight is 1380 g/mol. The summed E-state index contributed by atoms with van der Waals surface area (Å²) in [5.74, 6) is -2.16. The van der Waals surface area contributed by atoms with Crippen LogP contribution in [0.2, 0.25) is 0 Å². The Morgan fingerprint density at radius 1 is 0.298 bits per heavy atom. The third kappa shape index (κ3) is 67.8. The Kier molecular flexibility index (Phi) is 66.8. The molecule has 0 aliphatic rings. The minimum absolute atomic E-state index is 0.0922. The van der Waals surface area contributed by atoms with Gasteiger partial charge in [-0.05, 0) is 83.5 Å². The first-order chi connectivity index (χ1) is 45.7. The largest absolute Gasteiger partial charge is 0.472 e. The maximum atomic E-state index is 13.1. The number of phosphoric acid groups is 2. The van der Waals surface area contributed by atoms with Crippen molar-refractivity contribution in [1.82, 2.24) is 0 Å². The van der Waals surface area contributed by atoms with Crippen LogP contribution in [-0.2, 0) is 65.4 Å². The summed E-state index contributed by atoms with van der Waals surface area (Å²) in [6.45, 7) is 4.88. The van der Waals surface area contributed by atoms with Crippen molar-refractivity contribution in [3.05, 3.63) is 36.5 Å². The van der Waals surface area contributed by atoms with Crippen molar-refractivity contribution < 1.29 is 80.2 Å². The van der Waals surface area contributed by atoms with Crippen molar-refractivity contribution in [2.24, 2.45) is 0 Å². The van der Waals surface area contributed by atoms with E-state index >= 15 is 0 Å². The molecule has 3 N–H and O–H groups in total. The van der Waals surface area contributed by atoms with Crippen LogP contribution in [0.3, 0.4) is 0 Å². The summed E-state index contributed by atoms with van der Waals surface area (Å²) in [7, 11) is -9.92. The third-order valence-electron chi connectivity index (χ3n) is 16.6. The van der Waals surface area contributed by atoms with E-state index < -0.39 is 97.5 Å². The summed E-state index contributed by atoms with van der Waals surface area (Å²) in [4.78, 5) is 72.7. The fraction of sp³-hybridized carbons (Fsp3) is 0.867. The minimum atomic E-state index is -4.96. The number of carbonyl (C=O) groups is 4. The number of hydrogen-bond donors (Lipinski definition) is 3. The van der Waals surface area contributed by atoms with Crippen molar-refractivity contribution in [2.45, 2.75) is 380 Å². The van der Waals surface area contributed by atoms with Crippen LogP contribution >= 0.6 is 15.6 Å². The molecule has 17 nitrogen and oxygen atoms in total. The molecule has 0 aliphatic carbocycles. The molecular weight excluding hydrogens is 1230 g/mol. The molecular formula is C75H140O17P2. The van der Waals surface area contributed by atoms with Crippen molar-refractivity contribution in [3.8, 4) is 0 Å². The van der Waals surface area contributed by atoms with Crippen LogP contribution in [0.25, 0.3) is 0 Å². The van der Waals surface area contributed by atoms with Gasteiger partial charge in [-0.25, -0.2) is 9.13 Å². The molecule has 0 saturated carbocycles. The quantitative estimate of drug-likeness (QED) is 0.0169. The van der Waals surface area contributed by atoms with Gasteiger partial charge in [-0.3, -0.25) is 37.3 Å². The molecule has 19 heteroatoms. The molecule has 0 fully saturated rings. The number of esters is 4. The summed E-state index contributed by atoms with van der Waals surface area (Å²) in [6.07, 6.45) is 62.7. The second-order valence-corrected chi connectivity index (χ2v) is 28.9. The van der Waals surface area contributed by atoms with Gasteiger partial charge in [-0.15, -0.1) is 0 Å². The zero-order valence-electron chi connectivity index (χ0n) is 60.2. The lowest BCUT2D eigenvalue weighted by Crippen LogP contribution is -2.30. The topological polar surface area (TPSA) is 237 Å². The van der Waals surface area contributed by atoms with Gasteiger partial charge in [0.1, 0.15) is 19.3 Å². The molecule has 0 heterocycles. The zero-order chi connectivity index (χ0) is 69.0. The molecule has 0 aromatic carbocycles. The Hall–Kier alpha value is -2.72. The van der Waals surface area contributed by atoms with Crippen LogP contribution in [0, 0.1) is 0 Å². The number of aliphatic hydroxyl groups excluding tert-OH is 1. The van der Waals surface area contributed by atoms with Crippen LogP contribution < -0.4 is 0 Å². The number of phosphoric ester groups is 2. The second-order valence-electron chi connectivity index (χ2n) is 26.0. The van der Waals surface area contributed by atoms with Gasteiger partial charge in [0.05, 0.1) is 26.4 Å². The van der Waals surface area contributed by atoms with E-state index in [0.29, 0.717) is 25.7 Å². The van der Waals surface area contributed by atoms with Crippen LogP contribution in [0.15, 0.2) is 36.5 Å². The summed E-state index contributed by atoms with van der Waals surface area (Å²) in [5.41, 5.74) is 0. The standard InChI is InChI=1S/C75H140O17P2/c1-5-9-13-17-21-25-29-33-34-38-40-44-48-52-56-60-73(78)86-66-71(92-75(80)62-58-54-50-46-42-37-32-28-24-20-16-12-8-4)68-90-94(83,84)88-64-69(76)63-87-93(81,82)89-67-70(91-74(79)61-57-53-49-45-41-36-31-27-23-19-15-11-7-3)65-85-72(77)59-55-51-47-43-39-35-30-26-22-18-14-10-6-2/h21,25,27,31,33-34,69-71,76H,5-20,22-24,26,28-30,32,35-68H2,1-4H3,(H,81,82)(H,83,84)/b25-21-,31-27-,34-33-/t69-,70-,71-/m1/s1. The number of aliphatic hydroxyl groups is 1. The maximum Gasteiger partial charge on any atom is 0.472 e. The van der Waals surface area contributed by atoms with Crippen LogP contribution in [-0.4, -0.2) is 96.7 Å².